The number of benzene rings is 2. The molecule has 3 rings (SSSR count). The number of ketones is 1. The number of fused-ring (bicyclic) bond motifs is 1. The summed E-state index contributed by atoms with van der Waals surface area (Å²) in [6.07, 6.45) is 0.537. The summed E-state index contributed by atoms with van der Waals surface area (Å²) >= 11 is 0. The highest BCUT2D eigenvalue weighted by Gasteiger charge is 2.28. The van der Waals surface area contributed by atoms with Crippen molar-refractivity contribution in [2.24, 2.45) is 0 Å². The highest BCUT2D eigenvalue weighted by Crippen LogP contribution is 2.37. The smallest absolute Gasteiger partial charge is 0.172 e. The minimum Gasteiger partial charge on any atom is -0.505 e. The van der Waals surface area contributed by atoms with Crippen molar-refractivity contribution in [1.82, 2.24) is 15.0 Å². The van der Waals surface area contributed by atoms with Crippen LogP contribution in [-0.4, -0.2) is 32.2 Å². The third-order valence-corrected chi connectivity index (χ3v) is 4.66. The number of aromatic hydroxyl groups is 1. The minimum atomic E-state index is -1.14. The van der Waals surface area contributed by atoms with Crippen molar-refractivity contribution in [3.63, 3.8) is 0 Å². The molecule has 0 aliphatic carbocycles. The molecule has 1 aromatic heterocycles. The summed E-state index contributed by atoms with van der Waals surface area (Å²) in [7, 11) is 0. The molecule has 0 amide bonds. The summed E-state index contributed by atoms with van der Waals surface area (Å²) < 4.78 is 0. The van der Waals surface area contributed by atoms with Gasteiger partial charge in [0.05, 0.1) is 0 Å². The Kier molecular flexibility index (Phi) is 4.89. The molecule has 0 bridgehead atoms. The molecule has 0 fully saturated rings. The first-order valence-electron chi connectivity index (χ1n) is 8.98. The molecule has 0 saturated heterocycles. The van der Waals surface area contributed by atoms with Gasteiger partial charge >= 0.3 is 0 Å². The number of nitrogens with zero attached hydrogens (tertiary/aromatic N) is 3. The molecule has 3 aromatic rings. The highest BCUT2D eigenvalue weighted by atomic mass is 16.3. The molecule has 2 aromatic carbocycles. The molecule has 1 unspecified atom stereocenters. The lowest BCUT2D eigenvalue weighted by Gasteiger charge is -2.23. The Morgan fingerprint density at radius 1 is 1.18 bits per heavy atom. The van der Waals surface area contributed by atoms with E-state index in [2.05, 4.69) is 16.8 Å². The average molecular weight is 377 g/mol. The fourth-order valence-electron chi connectivity index (χ4n) is 2.97. The van der Waals surface area contributed by atoms with E-state index in [4.69, 9.17) is 0 Å². The van der Waals surface area contributed by atoms with Crippen LogP contribution >= 0.6 is 0 Å². The molecule has 0 aliphatic heterocycles. The maximum Gasteiger partial charge on any atom is 0.172 e. The fourth-order valence-corrected chi connectivity index (χ4v) is 2.97. The van der Waals surface area contributed by atoms with Gasteiger partial charge in [-0.05, 0) is 41.7 Å². The molecule has 6 heteroatoms. The Morgan fingerprint density at radius 2 is 1.75 bits per heavy atom. The lowest BCUT2D eigenvalue weighted by atomic mass is 9.82. The SMILES string of the molecule is C=C(C)C(=O)C(C=O)c1cc(C(C)(C)C)cc(-n2nc3ccccc3n2)c1O. The number of phenolic OH excluding ortho intramolecular Hbond substituents is 1. The van der Waals surface area contributed by atoms with Crippen LogP contribution in [0.2, 0.25) is 0 Å². The Bertz CT molecular complexity index is 1060. The normalized spacial score (nSPS) is 12.7. The van der Waals surface area contributed by atoms with Gasteiger partial charge in [-0.25, -0.2) is 0 Å². The zero-order valence-electron chi connectivity index (χ0n) is 16.4. The topological polar surface area (TPSA) is 85.1 Å². The van der Waals surface area contributed by atoms with Crippen LogP contribution in [0.4, 0.5) is 0 Å². The van der Waals surface area contributed by atoms with Crippen LogP contribution in [0.1, 0.15) is 44.7 Å². The average Bonchev–Trinajstić information content (AvgIpc) is 3.06. The van der Waals surface area contributed by atoms with Gasteiger partial charge in [-0.1, -0.05) is 45.5 Å². The molecular weight excluding hydrogens is 354 g/mol. The van der Waals surface area contributed by atoms with Crippen LogP contribution in [0.5, 0.6) is 5.75 Å². The molecule has 0 spiro atoms. The van der Waals surface area contributed by atoms with Crippen molar-refractivity contribution in [3.05, 3.63) is 59.7 Å². The number of Topliss-reactive ketones (excluding diaryl/α,β-unsaturated/α-hetero) is 1. The molecule has 144 valence electrons. The maximum absolute atomic E-state index is 12.5. The van der Waals surface area contributed by atoms with Crippen molar-refractivity contribution < 1.29 is 14.7 Å². The standard InChI is InChI=1S/C22H23N3O3/c1-13(2)20(27)16(12-26)15-10-14(22(3,4)5)11-19(21(15)28)25-23-17-8-6-7-9-18(17)24-25/h6-12,16,28H,1H2,2-5H3. The predicted octanol–water partition coefficient (Wildman–Crippen LogP) is 3.85. The number of aromatic nitrogens is 3. The molecule has 1 heterocycles. The summed E-state index contributed by atoms with van der Waals surface area (Å²) in [5, 5.41) is 19.8. The molecule has 28 heavy (non-hydrogen) atoms. The number of rotatable bonds is 5. The number of allylic oxidation sites excluding steroid dienone is 1. The third kappa shape index (κ3) is 3.45. The molecular formula is C22H23N3O3. The first-order valence-corrected chi connectivity index (χ1v) is 8.98. The van der Waals surface area contributed by atoms with Gasteiger partial charge in [0.25, 0.3) is 0 Å². The van der Waals surface area contributed by atoms with Gasteiger partial charge in [0.1, 0.15) is 34.7 Å². The first kappa shape index (κ1) is 19.5. The van der Waals surface area contributed by atoms with Crippen molar-refractivity contribution in [2.75, 3.05) is 0 Å². The predicted molar refractivity (Wildman–Crippen MR) is 108 cm³/mol. The van der Waals surface area contributed by atoms with Crippen LogP contribution in [0.15, 0.2) is 48.6 Å². The Hall–Kier alpha value is -3.28. The van der Waals surface area contributed by atoms with Gasteiger partial charge in [-0.3, -0.25) is 4.79 Å². The van der Waals surface area contributed by atoms with E-state index in [0.717, 1.165) is 5.56 Å². The maximum atomic E-state index is 12.5. The second-order valence-corrected chi connectivity index (χ2v) is 7.92. The number of hydrogen-bond donors (Lipinski definition) is 1. The van der Waals surface area contributed by atoms with Gasteiger partial charge in [-0.15, -0.1) is 15.0 Å². The minimum absolute atomic E-state index is 0.194. The van der Waals surface area contributed by atoms with Crippen LogP contribution in [0, 0.1) is 0 Å². The van der Waals surface area contributed by atoms with Gasteiger partial charge in [0.15, 0.2) is 5.78 Å². The summed E-state index contributed by atoms with van der Waals surface area (Å²) in [6, 6.07) is 10.8. The quantitative estimate of drug-likeness (QED) is 0.415. The molecule has 0 saturated carbocycles. The first-order chi connectivity index (χ1) is 13.1. The summed E-state index contributed by atoms with van der Waals surface area (Å²) in [4.78, 5) is 25.6. The van der Waals surface area contributed by atoms with Crippen molar-refractivity contribution in [2.45, 2.75) is 39.0 Å². The molecule has 0 aliphatic rings. The Labute approximate surface area is 163 Å². The van der Waals surface area contributed by atoms with Crippen LogP contribution in [0.3, 0.4) is 0 Å². The molecule has 6 nitrogen and oxygen atoms in total. The van der Waals surface area contributed by atoms with Crippen LogP contribution in [-0.2, 0) is 15.0 Å². The summed E-state index contributed by atoms with van der Waals surface area (Å²) in [5.74, 6) is -1.76. The Morgan fingerprint density at radius 3 is 2.21 bits per heavy atom. The highest BCUT2D eigenvalue weighted by molar-refractivity contribution is 6.08. The van der Waals surface area contributed by atoms with Crippen molar-refractivity contribution >= 4 is 23.1 Å². The van der Waals surface area contributed by atoms with E-state index in [1.54, 1.807) is 19.1 Å². The lowest BCUT2D eigenvalue weighted by molar-refractivity contribution is -0.121. The monoisotopic (exact) mass is 377 g/mol. The molecule has 1 atom stereocenters. The number of carbonyl (C=O) groups excluding carboxylic acids is 2. The molecule has 0 radical (unpaired) electrons. The number of phenols is 1. The Balaban J connectivity index is 2.29. The van der Waals surface area contributed by atoms with E-state index < -0.39 is 11.7 Å². The lowest BCUT2D eigenvalue weighted by Crippen LogP contribution is -2.18. The van der Waals surface area contributed by atoms with Crippen molar-refractivity contribution in [1.29, 1.82) is 0 Å². The van der Waals surface area contributed by atoms with E-state index >= 15 is 0 Å². The van der Waals surface area contributed by atoms with Gasteiger partial charge in [0, 0.05) is 5.56 Å². The third-order valence-electron chi connectivity index (χ3n) is 4.66. The van der Waals surface area contributed by atoms with Crippen molar-refractivity contribution in [3.8, 4) is 11.4 Å². The zero-order chi connectivity index (χ0) is 20.6. The second-order valence-electron chi connectivity index (χ2n) is 7.92. The second kappa shape index (κ2) is 7.03. The van der Waals surface area contributed by atoms with Gasteiger partial charge in [-0.2, -0.15) is 0 Å². The fraction of sp³-hybridized carbons (Fsp3) is 0.273. The van der Waals surface area contributed by atoms with E-state index in [0.29, 0.717) is 23.0 Å². The number of aldehydes is 1. The van der Waals surface area contributed by atoms with Gasteiger partial charge in [0.2, 0.25) is 0 Å². The summed E-state index contributed by atoms with van der Waals surface area (Å²) in [5.41, 5.74) is 2.71. The van der Waals surface area contributed by atoms with Crippen LogP contribution < -0.4 is 0 Å². The number of carbonyl (C=O) groups is 2. The summed E-state index contributed by atoms with van der Waals surface area (Å²) in [6.45, 7) is 11.2. The van der Waals surface area contributed by atoms with E-state index in [1.165, 1.54) is 4.80 Å². The molecule has 1 N–H and O–H groups in total. The van der Waals surface area contributed by atoms with E-state index in [1.807, 2.05) is 45.0 Å². The number of hydrogen-bond acceptors (Lipinski definition) is 5. The zero-order valence-corrected chi connectivity index (χ0v) is 16.4. The van der Waals surface area contributed by atoms with Gasteiger partial charge < -0.3 is 9.90 Å². The van der Waals surface area contributed by atoms with E-state index in [9.17, 15) is 14.7 Å². The van der Waals surface area contributed by atoms with Crippen LogP contribution in [0.25, 0.3) is 16.7 Å². The largest absolute Gasteiger partial charge is 0.505 e. The van der Waals surface area contributed by atoms with E-state index in [-0.39, 0.29) is 22.3 Å².